The molecule has 0 aliphatic rings. The van der Waals surface area contributed by atoms with E-state index in [0.717, 1.165) is 16.9 Å². The number of carbonyl (C=O) groups is 2. The maximum absolute atomic E-state index is 12.3. The maximum Gasteiger partial charge on any atom is 0.279 e. The van der Waals surface area contributed by atoms with Crippen molar-refractivity contribution in [2.24, 2.45) is 0 Å². The Kier molecular flexibility index (Phi) is 7.82. The Morgan fingerprint density at radius 3 is 2.19 bits per heavy atom. The molecule has 3 N–H and O–H groups in total. The van der Waals surface area contributed by atoms with Gasteiger partial charge in [0.25, 0.3) is 11.8 Å². The third-order valence-corrected chi connectivity index (χ3v) is 4.57. The van der Waals surface area contributed by atoms with Crippen LogP contribution in [0.5, 0.6) is 0 Å². The normalized spacial score (nSPS) is 12.9. The third kappa shape index (κ3) is 7.04. The summed E-state index contributed by atoms with van der Waals surface area (Å²) in [7, 11) is 1.82. The van der Waals surface area contributed by atoms with Crippen molar-refractivity contribution in [3.8, 4) is 0 Å². The zero-order valence-electron chi connectivity index (χ0n) is 16.0. The van der Waals surface area contributed by atoms with Crippen LogP contribution in [0, 0.1) is 0 Å². The van der Waals surface area contributed by atoms with Gasteiger partial charge in [-0.3, -0.25) is 9.59 Å². The first-order chi connectivity index (χ1) is 12.9. The molecule has 0 saturated carbocycles. The van der Waals surface area contributed by atoms with Gasteiger partial charge in [0.05, 0.1) is 13.1 Å². The summed E-state index contributed by atoms with van der Waals surface area (Å²) in [5, 5.41) is 6.40. The predicted octanol–water partition coefficient (Wildman–Crippen LogP) is 2.23. The number of aryl methyl sites for hydroxylation is 1. The fourth-order valence-corrected chi connectivity index (χ4v) is 2.89. The fraction of sp³-hybridized carbons (Fsp3) is 0.333. The van der Waals surface area contributed by atoms with Crippen LogP contribution in [0.3, 0.4) is 0 Å². The number of likely N-dealkylation sites (N-methyl/N-ethyl adjacent to an activating group) is 1. The summed E-state index contributed by atoms with van der Waals surface area (Å²) in [5.74, 6) is -0.232. The molecule has 5 nitrogen and oxygen atoms in total. The molecule has 0 spiro atoms. The van der Waals surface area contributed by atoms with E-state index in [-0.39, 0.29) is 30.9 Å². The number of carbonyl (C=O) groups excluding carboxylic acids is 2. The van der Waals surface area contributed by atoms with Gasteiger partial charge in [-0.1, -0.05) is 42.8 Å². The van der Waals surface area contributed by atoms with E-state index in [0.29, 0.717) is 10.7 Å². The number of anilines is 1. The lowest BCUT2D eigenvalue weighted by Gasteiger charge is -2.17. The SMILES string of the molecule is CCc1ccc([C@H](C)NC(=O)C[NH+](C)CC(=O)Nc2ccc(Cl)cc2)cc1. The maximum atomic E-state index is 12.3. The Balaban J connectivity index is 1.78. The van der Waals surface area contributed by atoms with Crippen LogP contribution in [0.1, 0.15) is 31.0 Å². The van der Waals surface area contributed by atoms with Gasteiger partial charge in [-0.25, -0.2) is 0 Å². The van der Waals surface area contributed by atoms with Gasteiger partial charge in [-0.15, -0.1) is 0 Å². The first kappa shape index (κ1) is 20.9. The van der Waals surface area contributed by atoms with Crippen LogP contribution >= 0.6 is 11.6 Å². The molecule has 0 fully saturated rings. The van der Waals surface area contributed by atoms with Crippen molar-refractivity contribution in [3.05, 3.63) is 64.7 Å². The first-order valence-electron chi connectivity index (χ1n) is 9.12. The molecule has 0 saturated heterocycles. The molecule has 1 unspecified atom stereocenters. The van der Waals surface area contributed by atoms with E-state index >= 15 is 0 Å². The van der Waals surface area contributed by atoms with Gasteiger partial charge in [0.2, 0.25) is 0 Å². The highest BCUT2D eigenvalue weighted by atomic mass is 35.5. The summed E-state index contributed by atoms with van der Waals surface area (Å²) in [5.41, 5.74) is 3.03. The molecule has 2 amide bonds. The Labute approximate surface area is 165 Å². The summed E-state index contributed by atoms with van der Waals surface area (Å²) in [6.45, 7) is 4.50. The van der Waals surface area contributed by atoms with Crippen molar-refractivity contribution in [2.75, 3.05) is 25.5 Å². The zero-order chi connectivity index (χ0) is 19.8. The molecule has 2 aromatic carbocycles. The van der Waals surface area contributed by atoms with Crippen LogP contribution in [0.4, 0.5) is 5.69 Å². The Bertz CT molecular complexity index is 760. The minimum atomic E-state index is -0.147. The number of hydrogen-bond acceptors (Lipinski definition) is 2. The summed E-state index contributed by atoms with van der Waals surface area (Å²) >= 11 is 5.83. The standard InChI is InChI=1S/C21H26ClN3O2/c1-4-16-5-7-17(8-6-16)15(2)23-20(26)13-25(3)14-21(27)24-19-11-9-18(22)10-12-19/h5-12,15H,4,13-14H2,1-3H3,(H,23,26)(H,24,27)/p+1/t15-/m0/s1. The quantitative estimate of drug-likeness (QED) is 0.649. The van der Waals surface area contributed by atoms with E-state index in [1.165, 1.54) is 5.56 Å². The topological polar surface area (TPSA) is 62.6 Å². The van der Waals surface area contributed by atoms with Crippen LogP contribution in [0.25, 0.3) is 0 Å². The van der Waals surface area contributed by atoms with Gasteiger partial charge in [0.15, 0.2) is 13.1 Å². The third-order valence-electron chi connectivity index (χ3n) is 4.32. The minimum absolute atomic E-state index is 0.0703. The van der Waals surface area contributed by atoms with E-state index in [9.17, 15) is 9.59 Å². The smallest absolute Gasteiger partial charge is 0.279 e. The van der Waals surface area contributed by atoms with Crippen molar-refractivity contribution >= 4 is 29.1 Å². The molecule has 0 radical (unpaired) electrons. The van der Waals surface area contributed by atoms with Crippen LogP contribution < -0.4 is 15.5 Å². The van der Waals surface area contributed by atoms with E-state index in [4.69, 9.17) is 11.6 Å². The van der Waals surface area contributed by atoms with Crippen molar-refractivity contribution in [1.29, 1.82) is 0 Å². The fourth-order valence-electron chi connectivity index (χ4n) is 2.77. The number of benzene rings is 2. The molecule has 0 aromatic heterocycles. The number of quaternary nitrogens is 1. The summed E-state index contributed by atoms with van der Waals surface area (Å²) < 4.78 is 0. The van der Waals surface area contributed by atoms with E-state index in [1.54, 1.807) is 24.3 Å². The lowest BCUT2D eigenvalue weighted by atomic mass is 10.1. The largest absolute Gasteiger partial charge is 0.345 e. The van der Waals surface area contributed by atoms with E-state index in [2.05, 4.69) is 29.7 Å². The summed E-state index contributed by atoms with van der Waals surface area (Å²) in [6.07, 6.45) is 0.993. The number of amides is 2. The highest BCUT2D eigenvalue weighted by Gasteiger charge is 2.16. The van der Waals surface area contributed by atoms with Crippen LogP contribution in [-0.4, -0.2) is 32.0 Å². The summed E-state index contributed by atoms with van der Waals surface area (Å²) in [4.78, 5) is 25.2. The highest BCUT2D eigenvalue weighted by molar-refractivity contribution is 6.30. The van der Waals surface area contributed by atoms with Crippen molar-refractivity contribution in [2.45, 2.75) is 26.3 Å². The molecule has 0 aliphatic heterocycles. The molecular weight excluding hydrogens is 362 g/mol. The van der Waals surface area contributed by atoms with Gasteiger partial charge in [0.1, 0.15) is 0 Å². The molecule has 0 aliphatic carbocycles. The highest BCUT2D eigenvalue weighted by Crippen LogP contribution is 2.14. The van der Waals surface area contributed by atoms with Gasteiger partial charge < -0.3 is 15.5 Å². The summed E-state index contributed by atoms with van der Waals surface area (Å²) in [6, 6.07) is 15.1. The molecule has 2 aromatic rings. The van der Waals surface area contributed by atoms with Crippen molar-refractivity contribution in [1.82, 2.24) is 5.32 Å². The Morgan fingerprint density at radius 1 is 1.00 bits per heavy atom. The molecule has 6 heteroatoms. The number of rotatable bonds is 8. The monoisotopic (exact) mass is 388 g/mol. The van der Waals surface area contributed by atoms with Crippen LogP contribution in [0.2, 0.25) is 5.02 Å². The van der Waals surface area contributed by atoms with Gasteiger partial charge in [0, 0.05) is 10.7 Å². The second-order valence-corrected chi connectivity index (χ2v) is 7.19. The molecule has 144 valence electrons. The van der Waals surface area contributed by atoms with E-state index < -0.39 is 0 Å². The Morgan fingerprint density at radius 2 is 1.59 bits per heavy atom. The molecule has 27 heavy (non-hydrogen) atoms. The second-order valence-electron chi connectivity index (χ2n) is 6.75. The molecule has 2 atom stereocenters. The van der Waals surface area contributed by atoms with Crippen molar-refractivity contribution in [3.63, 3.8) is 0 Å². The average molecular weight is 389 g/mol. The second kappa shape index (κ2) is 10.1. The Hall–Kier alpha value is -2.37. The van der Waals surface area contributed by atoms with Gasteiger partial charge in [-0.2, -0.15) is 0 Å². The lowest BCUT2D eigenvalue weighted by molar-refractivity contribution is -0.862. The number of halogens is 1. The van der Waals surface area contributed by atoms with Crippen LogP contribution in [0.15, 0.2) is 48.5 Å². The van der Waals surface area contributed by atoms with Gasteiger partial charge >= 0.3 is 0 Å². The zero-order valence-corrected chi connectivity index (χ0v) is 16.8. The predicted molar refractivity (Wildman–Crippen MR) is 109 cm³/mol. The molecule has 0 bridgehead atoms. The molecule has 0 heterocycles. The van der Waals surface area contributed by atoms with Crippen molar-refractivity contribution < 1.29 is 14.5 Å². The van der Waals surface area contributed by atoms with Gasteiger partial charge in [-0.05, 0) is 48.7 Å². The van der Waals surface area contributed by atoms with Crippen LogP contribution in [-0.2, 0) is 16.0 Å². The number of hydrogen-bond donors (Lipinski definition) is 3. The first-order valence-corrected chi connectivity index (χ1v) is 9.50. The minimum Gasteiger partial charge on any atom is -0.345 e. The molecular formula is C21H27ClN3O2+. The average Bonchev–Trinajstić information content (AvgIpc) is 2.63. The molecule has 2 rings (SSSR count). The number of nitrogens with one attached hydrogen (secondary N) is 3. The van der Waals surface area contributed by atoms with E-state index in [1.807, 2.05) is 26.1 Å². The lowest BCUT2D eigenvalue weighted by Crippen LogP contribution is -3.11.